The average molecular weight is 291 g/mol. The van der Waals surface area contributed by atoms with E-state index < -0.39 is 0 Å². The van der Waals surface area contributed by atoms with Crippen LogP contribution in [0.5, 0.6) is 5.75 Å². The van der Waals surface area contributed by atoms with Crippen molar-refractivity contribution in [2.75, 3.05) is 19.8 Å². The number of hydrogen-bond acceptors (Lipinski definition) is 3. The van der Waals surface area contributed by atoms with Gasteiger partial charge in [0.05, 0.1) is 6.10 Å². The number of rotatable bonds is 9. The number of nitrogens with one attached hydrogen (secondary N) is 1. The van der Waals surface area contributed by atoms with E-state index >= 15 is 0 Å². The summed E-state index contributed by atoms with van der Waals surface area (Å²) >= 11 is 0. The van der Waals surface area contributed by atoms with Crippen molar-refractivity contribution < 1.29 is 14.3 Å². The highest BCUT2D eigenvalue weighted by Gasteiger charge is 1.99. The van der Waals surface area contributed by atoms with E-state index in [-0.39, 0.29) is 12.0 Å². The predicted octanol–water partition coefficient (Wildman–Crippen LogP) is 3.03. The molecule has 0 aliphatic carbocycles. The van der Waals surface area contributed by atoms with E-state index in [9.17, 15) is 4.79 Å². The Bertz CT molecular complexity index is 455. The molecule has 0 bridgehead atoms. The first-order chi connectivity index (χ1) is 10.1. The number of benzene rings is 1. The Labute approximate surface area is 127 Å². The van der Waals surface area contributed by atoms with Crippen molar-refractivity contribution in [1.29, 1.82) is 0 Å². The van der Waals surface area contributed by atoms with Crippen LogP contribution >= 0.6 is 0 Å². The molecule has 0 saturated heterocycles. The van der Waals surface area contributed by atoms with E-state index in [1.54, 1.807) is 6.08 Å². The number of carbonyl (C=O) groups is 1. The molecule has 1 N–H and O–H groups in total. The van der Waals surface area contributed by atoms with Gasteiger partial charge in [0.15, 0.2) is 0 Å². The molecule has 116 valence electrons. The second-order valence-corrected chi connectivity index (χ2v) is 4.91. The summed E-state index contributed by atoms with van der Waals surface area (Å²) in [6.45, 7) is 7.94. The molecule has 0 unspecified atom stereocenters. The molecule has 0 atom stereocenters. The van der Waals surface area contributed by atoms with Gasteiger partial charge in [-0.3, -0.25) is 4.79 Å². The topological polar surface area (TPSA) is 47.6 Å². The normalized spacial score (nSPS) is 11.0. The summed E-state index contributed by atoms with van der Waals surface area (Å²) in [6, 6.07) is 7.67. The van der Waals surface area contributed by atoms with Gasteiger partial charge in [-0.1, -0.05) is 12.1 Å². The summed E-state index contributed by atoms with van der Waals surface area (Å²) in [5.74, 6) is 0.714. The van der Waals surface area contributed by atoms with E-state index in [1.165, 1.54) is 6.08 Å². The van der Waals surface area contributed by atoms with Crippen molar-refractivity contribution in [3.8, 4) is 5.75 Å². The summed E-state index contributed by atoms with van der Waals surface area (Å²) in [5.41, 5.74) is 0.942. The lowest BCUT2D eigenvalue weighted by atomic mass is 10.2. The smallest absolute Gasteiger partial charge is 0.244 e. The largest absolute Gasteiger partial charge is 0.491 e. The highest BCUT2D eigenvalue weighted by molar-refractivity contribution is 5.91. The van der Waals surface area contributed by atoms with E-state index in [0.29, 0.717) is 19.8 Å². The van der Waals surface area contributed by atoms with Gasteiger partial charge in [-0.15, -0.1) is 0 Å². The maximum Gasteiger partial charge on any atom is 0.244 e. The van der Waals surface area contributed by atoms with Gasteiger partial charge in [0.25, 0.3) is 0 Å². The molecule has 1 amide bonds. The Morgan fingerprint density at radius 2 is 2.19 bits per heavy atom. The maximum atomic E-state index is 11.6. The van der Waals surface area contributed by atoms with Gasteiger partial charge in [0, 0.05) is 25.8 Å². The van der Waals surface area contributed by atoms with Crippen LogP contribution in [0.4, 0.5) is 0 Å². The highest BCUT2D eigenvalue weighted by Crippen LogP contribution is 2.15. The molecule has 0 heterocycles. The lowest BCUT2D eigenvalue weighted by Crippen LogP contribution is -2.23. The van der Waals surface area contributed by atoms with Gasteiger partial charge < -0.3 is 14.8 Å². The molecule has 0 saturated carbocycles. The molecule has 0 radical (unpaired) electrons. The minimum absolute atomic E-state index is 0.0957. The third kappa shape index (κ3) is 8.15. The predicted molar refractivity (Wildman–Crippen MR) is 85.4 cm³/mol. The van der Waals surface area contributed by atoms with Crippen molar-refractivity contribution in [2.24, 2.45) is 0 Å². The van der Waals surface area contributed by atoms with Gasteiger partial charge in [-0.05, 0) is 51.0 Å². The summed E-state index contributed by atoms with van der Waals surface area (Å²) in [5, 5.41) is 2.82. The molecule has 0 spiro atoms. The molecule has 21 heavy (non-hydrogen) atoms. The number of carbonyl (C=O) groups excluding carboxylic acids is 1. The van der Waals surface area contributed by atoms with E-state index in [1.807, 2.05) is 45.0 Å². The lowest BCUT2D eigenvalue weighted by molar-refractivity contribution is -0.116. The Kier molecular flexibility index (Phi) is 8.21. The molecule has 1 aromatic carbocycles. The quantitative estimate of drug-likeness (QED) is 0.562. The van der Waals surface area contributed by atoms with E-state index in [0.717, 1.165) is 17.7 Å². The molecule has 1 rings (SSSR count). The number of ether oxygens (including phenoxy) is 2. The van der Waals surface area contributed by atoms with Gasteiger partial charge in [-0.25, -0.2) is 0 Å². The summed E-state index contributed by atoms with van der Waals surface area (Å²) in [6.07, 6.45) is 4.28. The van der Waals surface area contributed by atoms with Gasteiger partial charge >= 0.3 is 0 Å². The highest BCUT2D eigenvalue weighted by atomic mass is 16.5. The van der Waals surface area contributed by atoms with Crippen LogP contribution in [-0.4, -0.2) is 31.8 Å². The molecular formula is C17H25NO3. The Balaban J connectivity index is 2.39. The summed E-state index contributed by atoms with van der Waals surface area (Å²) < 4.78 is 10.8. The first kappa shape index (κ1) is 17.2. The Morgan fingerprint density at radius 3 is 2.90 bits per heavy atom. The van der Waals surface area contributed by atoms with Crippen LogP contribution in [-0.2, 0) is 9.53 Å². The van der Waals surface area contributed by atoms with Crippen LogP contribution in [0.1, 0.15) is 32.8 Å². The first-order valence-corrected chi connectivity index (χ1v) is 7.42. The van der Waals surface area contributed by atoms with Crippen LogP contribution in [0.25, 0.3) is 6.08 Å². The fourth-order valence-corrected chi connectivity index (χ4v) is 1.72. The molecule has 0 aliphatic heterocycles. The standard InChI is InChI=1S/C17H25NO3/c1-4-20-12-6-11-18-17(19)10-9-15-7-5-8-16(13-15)21-14(2)3/h5,7-10,13-14H,4,6,11-12H2,1-3H3,(H,18,19)/b10-9+. The fourth-order valence-electron chi connectivity index (χ4n) is 1.72. The van der Waals surface area contributed by atoms with E-state index in [2.05, 4.69) is 5.32 Å². The minimum atomic E-state index is -0.0957. The third-order valence-corrected chi connectivity index (χ3v) is 2.63. The van der Waals surface area contributed by atoms with Crippen LogP contribution in [0.3, 0.4) is 0 Å². The molecule has 1 aromatic rings. The zero-order valence-corrected chi connectivity index (χ0v) is 13.1. The van der Waals surface area contributed by atoms with Crippen LogP contribution < -0.4 is 10.1 Å². The first-order valence-electron chi connectivity index (χ1n) is 7.42. The molecular weight excluding hydrogens is 266 g/mol. The molecule has 4 nitrogen and oxygen atoms in total. The van der Waals surface area contributed by atoms with Gasteiger partial charge in [0.2, 0.25) is 5.91 Å². The minimum Gasteiger partial charge on any atom is -0.491 e. The van der Waals surface area contributed by atoms with Crippen LogP contribution in [0.2, 0.25) is 0 Å². The Hall–Kier alpha value is -1.81. The molecule has 0 aromatic heterocycles. The molecule has 0 fully saturated rings. The second-order valence-electron chi connectivity index (χ2n) is 4.91. The SMILES string of the molecule is CCOCCCNC(=O)/C=C/c1cccc(OC(C)C)c1. The second kappa shape index (κ2) is 10.00. The van der Waals surface area contributed by atoms with Crippen LogP contribution in [0.15, 0.2) is 30.3 Å². The zero-order chi connectivity index (χ0) is 15.5. The van der Waals surface area contributed by atoms with Crippen molar-refractivity contribution in [3.63, 3.8) is 0 Å². The zero-order valence-electron chi connectivity index (χ0n) is 13.1. The average Bonchev–Trinajstić information content (AvgIpc) is 2.44. The molecule has 4 heteroatoms. The number of amides is 1. The van der Waals surface area contributed by atoms with Crippen LogP contribution in [0, 0.1) is 0 Å². The van der Waals surface area contributed by atoms with Crippen molar-refractivity contribution in [3.05, 3.63) is 35.9 Å². The van der Waals surface area contributed by atoms with Crippen molar-refractivity contribution >= 4 is 12.0 Å². The monoisotopic (exact) mass is 291 g/mol. The van der Waals surface area contributed by atoms with Gasteiger partial charge in [0.1, 0.15) is 5.75 Å². The fraction of sp³-hybridized carbons (Fsp3) is 0.471. The van der Waals surface area contributed by atoms with E-state index in [4.69, 9.17) is 9.47 Å². The summed E-state index contributed by atoms with van der Waals surface area (Å²) in [4.78, 5) is 11.6. The Morgan fingerprint density at radius 1 is 1.38 bits per heavy atom. The molecule has 0 aliphatic rings. The van der Waals surface area contributed by atoms with Gasteiger partial charge in [-0.2, -0.15) is 0 Å². The van der Waals surface area contributed by atoms with Crippen molar-refractivity contribution in [1.82, 2.24) is 5.32 Å². The lowest BCUT2D eigenvalue weighted by Gasteiger charge is -2.09. The summed E-state index contributed by atoms with van der Waals surface area (Å²) in [7, 11) is 0. The maximum absolute atomic E-state index is 11.6. The third-order valence-electron chi connectivity index (χ3n) is 2.63. The van der Waals surface area contributed by atoms with Crippen molar-refractivity contribution in [2.45, 2.75) is 33.3 Å². The number of hydrogen-bond donors (Lipinski definition) is 1.